The number of hydrogen-bond donors (Lipinski definition) is 1. The minimum absolute atomic E-state index is 0.228. The van der Waals surface area contributed by atoms with E-state index in [9.17, 15) is 18.0 Å². The Bertz CT molecular complexity index is 1160. The number of benzene rings is 1. The van der Waals surface area contributed by atoms with Gasteiger partial charge in [-0.1, -0.05) is 0 Å². The van der Waals surface area contributed by atoms with Gasteiger partial charge in [-0.3, -0.25) is 9.69 Å². The fraction of sp³-hybridized carbons (Fsp3) is 0.417. The number of carbonyl (C=O) groups is 1. The summed E-state index contributed by atoms with van der Waals surface area (Å²) in [7, 11) is 0. The Kier molecular flexibility index (Phi) is 7.66. The van der Waals surface area contributed by atoms with Crippen LogP contribution in [0.1, 0.15) is 39.5 Å². The highest BCUT2D eigenvalue weighted by atomic mass is 32.1. The zero-order valence-corrected chi connectivity index (χ0v) is 20.2. The number of hydrogen-bond acceptors (Lipinski definition) is 7. The Morgan fingerprint density at radius 3 is 2.46 bits per heavy atom. The molecule has 1 N–H and O–H groups in total. The third kappa shape index (κ3) is 7.22. The van der Waals surface area contributed by atoms with Crippen molar-refractivity contribution in [1.82, 2.24) is 25.2 Å². The molecule has 0 spiro atoms. The third-order valence-corrected chi connectivity index (χ3v) is 6.53. The summed E-state index contributed by atoms with van der Waals surface area (Å²) in [5.41, 5.74) is 1.93. The molecular formula is C24H26F3N5O2S. The number of likely N-dealkylation sites (tertiary alicyclic amines) is 1. The molecule has 1 aliphatic rings. The lowest BCUT2D eigenvalue weighted by Gasteiger charge is -2.32. The van der Waals surface area contributed by atoms with Crippen LogP contribution in [0.3, 0.4) is 0 Å². The van der Waals surface area contributed by atoms with Crippen molar-refractivity contribution < 1.29 is 22.7 Å². The zero-order valence-electron chi connectivity index (χ0n) is 19.4. The van der Waals surface area contributed by atoms with Crippen molar-refractivity contribution in [3.63, 3.8) is 0 Å². The summed E-state index contributed by atoms with van der Waals surface area (Å²) in [6.45, 7) is 3.72. The second-order valence-electron chi connectivity index (χ2n) is 8.55. The molecule has 7 nitrogen and oxygen atoms in total. The smallest absolute Gasteiger partial charge is 0.401 e. The van der Waals surface area contributed by atoms with E-state index in [1.54, 1.807) is 37.6 Å². The zero-order chi connectivity index (χ0) is 25.0. The highest BCUT2D eigenvalue weighted by Gasteiger charge is 2.33. The number of halogens is 3. The first-order valence-corrected chi connectivity index (χ1v) is 12.1. The molecule has 3 aromatic rings. The molecule has 0 aliphatic carbocycles. The summed E-state index contributed by atoms with van der Waals surface area (Å²) in [5.74, 6) is 0.858. The first-order valence-electron chi connectivity index (χ1n) is 11.2. The van der Waals surface area contributed by atoms with E-state index in [1.807, 2.05) is 13.0 Å². The van der Waals surface area contributed by atoms with Gasteiger partial charge in [-0.15, -0.1) is 11.3 Å². The molecule has 0 bridgehead atoms. The van der Waals surface area contributed by atoms with E-state index in [0.717, 1.165) is 21.0 Å². The maximum atomic E-state index is 13.0. The lowest BCUT2D eigenvalue weighted by Crippen LogP contribution is -2.42. The van der Waals surface area contributed by atoms with E-state index < -0.39 is 12.7 Å². The maximum absolute atomic E-state index is 13.0. The van der Waals surface area contributed by atoms with Gasteiger partial charge in [-0.2, -0.15) is 13.2 Å². The Morgan fingerprint density at radius 1 is 1.11 bits per heavy atom. The summed E-state index contributed by atoms with van der Waals surface area (Å²) in [4.78, 5) is 28.1. The van der Waals surface area contributed by atoms with E-state index in [1.165, 1.54) is 16.2 Å². The maximum Gasteiger partial charge on any atom is 0.401 e. The van der Waals surface area contributed by atoms with E-state index in [2.05, 4.69) is 20.3 Å². The fourth-order valence-electron chi connectivity index (χ4n) is 3.84. The van der Waals surface area contributed by atoms with Crippen LogP contribution in [0.15, 0.2) is 36.8 Å². The molecule has 0 radical (unpaired) electrons. The molecule has 1 saturated heterocycles. The van der Waals surface area contributed by atoms with Crippen molar-refractivity contribution in [2.45, 2.75) is 45.5 Å². The van der Waals surface area contributed by atoms with Gasteiger partial charge in [0.15, 0.2) is 0 Å². The summed E-state index contributed by atoms with van der Waals surface area (Å²) in [6.07, 6.45) is 1.61. The van der Waals surface area contributed by atoms with Crippen molar-refractivity contribution in [2.24, 2.45) is 0 Å². The Morgan fingerprint density at radius 2 is 1.83 bits per heavy atom. The third-order valence-electron chi connectivity index (χ3n) is 5.56. The molecule has 1 aliphatic heterocycles. The van der Waals surface area contributed by atoms with Crippen LogP contribution in [0, 0.1) is 13.8 Å². The van der Waals surface area contributed by atoms with Crippen LogP contribution in [-0.2, 0) is 6.54 Å². The number of alkyl halides is 3. The van der Waals surface area contributed by atoms with Crippen LogP contribution in [0.2, 0.25) is 0 Å². The summed E-state index contributed by atoms with van der Waals surface area (Å²) in [5, 5.41) is 3.63. The molecule has 0 unspecified atom stereocenters. The van der Waals surface area contributed by atoms with Crippen molar-refractivity contribution in [3.05, 3.63) is 58.6 Å². The Balaban J connectivity index is 1.48. The van der Waals surface area contributed by atoms with Gasteiger partial charge < -0.3 is 10.1 Å². The molecule has 0 atom stereocenters. The van der Waals surface area contributed by atoms with Gasteiger partial charge in [0.05, 0.1) is 6.54 Å². The van der Waals surface area contributed by atoms with Crippen LogP contribution in [0.25, 0.3) is 10.6 Å². The monoisotopic (exact) mass is 505 g/mol. The number of thiazole rings is 1. The van der Waals surface area contributed by atoms with Gasteiger partial charge in [0.2, 0.25) is 0 Å². The number of piperidine rings is 1. The molecule has 2 aromatic heterocycles. The van der Waals surface area contributed by atoms with Crippen LogP contribution in [-0.4, -0.2) is 57.7 Å². The Labute approximate surface area is 205 Å². The van der Waals surface area contributed by atoms with Crippen LogP contribution < -0.4 is 10.1 Å². The van der Waals surface area contributed by atoms with Gasteiger partial charge in [0, 0.05) is 59.8 Å². The van der Waals surface area contributed by atoms with Crippen molar-refractivity contribution in [1.29, 1.82) is 0 Å². The number of amides is 1. The SMILES string of the molecule is Cc1ncc(CNC(=O)c2cc(OC3CCN(CC(F)(F)F)CC3)cc(-c3ncc(C)s3)c2)cn1. The quantitative estimate of drug-likeness (QED) is 0.508. The van der Waals surface area contributed by atoms with Crippen LogP contribution in [0.5, 0.6) is 5.75 Å². The van der Waals surface area contributed by atoms with E-state index in [0.29, 0.717) is 43.1 Å². The fourth-order valence-corrected chi connectivity index (χ4v) is 4.59. The lowest BCUT2D eigenvalue weighted by molar-refractivity contribution is -0.149. The average Bonchev–Trinajstić information content (AvgIpc) is 3.25. The molecule has 11 heteroatoms. The van der Waals surface area contributed by atoms with Crippen molar-refractivity contribution in [3.8, 4) is 16.3 Å². The molecule has 0 saturated carbocycles. The number of nitrogens with one attached hydrogen (secondary N) is 1. The van der Waals surface area contributed by atoms with Gasteiger partial charge in [-0.05, 0) is 44.9 Å². The summed E-state index contributed by atoms with van der Waals surface area (Å²) in [6, 6.07) is 5.25. The van der Waals surface area contributed by atoms with Crippen LogP contribution >= 0.6 is 11.3 Å². The lowest BCUT2D eigenvalue weighted by atomic mass is 10.1. The van der Waals surface area contributed by atoms with Crippen molar-refractivity contribution >= 4 is 17.2 Å². The molecule has 35 heavy (non-hydrogen) atoms. The predicted octanol–water partition coefficient (Wildman–Crippen LogP) is 4.55. The second-order valence-corrected chi connectivity index (χ2v) is 9.79. The number of ether oxygens (including phenoxy) is 1. The number of aryl methyl sites for hydroxylation is 2. The first-order chi connectivity index (χ1) is 16.6. The molecule has 1 amide bonds. The summed E-state index contributed by atoms with van der Waals surface area (Å²) >= 11 is 1.51. The van der Waals surface area contributed by atoms with Gasteiger partial charge >= 0.3 is 6.18 Å². The normalized spacial score (nSPS) is 15.2. The summed E-state index contributed by atoms with van der Waals surface area (Å²) < 4.78 is 44.2. The van der Waals surface area contributed by atoms with E-state index in [4.69, 9.17) is 4.74 Å². The van der Waals surface area contributed by atoms with E-state index >= 15 is 0 Å². The topological polar surface area (TPSA) is 80.2 Å². The second kappa shape index (κ2) is 10.7. The Hall–Kier alpha value is -3.05. The minimum atomic E-state index is -4.21. The van der Waals surface area contributed by atoms with Crippen molar-refractivity contribution in [2.75, 3.05) is 19.6 Å². The molecule has 1 aromatic carbocycles. The number of carbonyl (C=O) groups excluding carboxylic acids is 1. The molecular weight excluding hydrogens is 479 g/mol. The predicted molar refractivity (Wildman–Crippen MR) is 126 cm³/mol. The highest BCUT2D eigenvalue weighted by molar-refractivity contribution is 7.14. The average molecular weight is 506 g/mol. The molecule has 186 valence electrons. The molecule has 4 rings (SSSR count). The van der Waals surface area contributed by atoms with Gasteiger partial charge in [0.1, 0.15) is 22.7 Å². The standard InChI is InChI=1S/C24H26F3N5O2S/c1-15-10-31-23(35-15)19-7-18(22(33)30-13-17-11-28-16(2)29-12-17)8-21(9-19)34-20-3-5-32(6-4-20)14-24(25,26)27/h7-12,20H,3-6,13-14H2,1-2H3,(H,30,33). The largest absolute Gasteiger partial charge is 0.490 e. The number of nitrogens with zero attached hydrogens (tertiary/aromatic N) is 4. The van der Waals surface area contributed by atoms with Gasteiger partial charge in [0.25, 0.3) is 5.91 Å². The van der Waals surface area contributed by atoms with Gasteiger partial charge in [-0.25, -0.2) is 15.0 Å². The minimum Gasteiger partial charge on any atom is -0.490 e. The molecule has 1 fully saturated rings. The number of aromatic nitrogens is 3. The number of rotatable bonds is 7. The highest BCUT2D eigenvalue weighted by Crippen LogP contribution is 2.31. The first kappa shape index (κ1) is 25.1. The van der Waals surface area contributed by atoms with E-state index in [-0.39, 0.29) is 18.6 Å². The van der Waals surface area contributed by atoms with Crippen LogP contribution in [0.4, 0.5) is 13.2 Å². The molecule has 3 heterocycles.